The van der Waals surface area contributed by atoms with E-state index in [4.69, 9.17) is 4.43 Å². The lowest BCUT2D eigenvalue weighted by atomic mass is 10.2. The molecule has 0 aromatic carbocycles. The van der Waals surface area contributed by atoms with E-state index in [9.17, 15) is 0 Å². The molecule has 0 N–H and O–H groups in total. The van der Waals surface area contributed by atoms with Gasteiger partial charge in [-0.05, 0) is 31.5 Å². The summed E-state index contributed by atoms with van der Waals surface area (Å²) in [6, 6.07) is 0. The Morgan fingerprint density at radius 1 is 1.25 bits per heavy atom. The monoisotopic (exact) mass is 240 g/mol. The number of rotatable bonds is 4. The smallest absolute Gasteiger partial charge is 0.192 e. The Kier molecular flexibility index (Phi) is 6.36. The molecule has 0 saturated heterocycles. The normalized spacial score (nSPS) is 14.2. The van der Waals surface area contributed by atoms with E-state index in [0.29, 0.717) is 11.0 Å². The minimum absolute atomic E-state index is 0.295. The van der Waals surface area contributed by atoms with Crippen molar-refractivity contribution in [2.75, 3.05) is 6.61 Å². The average Bonchev–Trinajstić information content (AvgIpc) is 2.13. The first-order valence-corrected chi connectivity index (χ1v) is 9.24. The molecule has 94 valence electrons. The summed E-state index contributed by atoms with van der Waals surface area (Å²) in [4.78, 5) is 0. The van der Waals surface area contributed by atoms with Gasteiger partial charge in [-0.15, -0.1) is 5.92 Å². The van der Waals surface area contributed by atoms with Crippen molar-refractivity contribution in [2.45, 2.75) is 65.6 Å². The minimum Gasteiger partial charge on any atom is -0.416 e. The van der Waals surface area contributed by atoms with Gasteiger partial charge in [0.2, 0.25) is 0 Å². The zero-order valence-corrected chi connectivity index (χ0v) is 13.1. The van der Waals surface area contributed by atoms with Crippen LogP contribution < -0.4 is 0 Å². The molecule has 1 atom stereocenters. The van der Waals surface area contributed by atoms with E-state index in [-0.39, 0.29) is 0 Å². The van der Waals surface area contributed by atoms with Crippen LogP contribution in [0.15, 0.2) is 0 Å². The lowest BCUT2D eigenvalue weighted by molar-refractivity contribution is 0.263. The van der Waals surface area contributed by atoms with E-state index in [2.05, 4.69) is 59.6 Å². The van der Waals surface area contributed by atoms with Crippen LogP contribution in [-0.4, -0.2) is 14.9 Å². The van der Waals surface area contributed by atoms with E-state index in [1.807, 2.05) is 0 Å². The molecule has 0 aromatic heterocycles. The van der Waals surface area contributed by atoms with Crippen LogP contribution in [0.25, 0.3) is 0 Å². The van der Waals surface area contributed by atoms with Crippen LogP contribution in [0.3, 0.4) is 0 Å². The van der Waals surface area contributed by atoms with Crippen molar-refractivity contribution in [3.8, 4) is 11.8 Å². The summed E-state index contributed by atoms with van der Waals surface area (Å²) in [7, 11) is -1.58. The molecule has 0 aliphatic carbocycles. The summed E-state index contributed by atoms with van der Waals surface area (Å²) in [6.45, 7) is 16.5. The van der Waals surface area contributed by atoms with E-state index in [1.54, 1.807) is 0 Å². The lowest BCUT2D eigenvalue weighted by Gasteiger charge is -2.36. The van der Waals surface area contributed by atoms with E-state index in [1.165, 1.54) is 0 Å². The topological polar surface area (TPSA) is 9.23 Å². The van der Waals surface area contributed by atoms with Gasteiger partial charge in [-0.3, -0.25) is 0 Å². The van der Waals surface area contributed by atoms with Crippen LogP contribution in [0.2, 0.25) is 18.1 Å². The fourth-order valence-electron chi connectivity index (χ4n) is 0.963. The second-order valence-electron chi connectivity index (χ2n) is 6.04. The van der Waals surface area contributed by atoms with Crippen LogP contribution in [0.1, 0.15) is 47.5 Å². The van der Waals surface area contributed by atoms with Crippen LogP contribution in [0.5, 0.6) is 0 Å². The maximum absolute atomic E-state index is 6.12. The fourth-order valence-corrected chi connectivity index (χ4v) is 2.06. The van der Waals surface area contributed by atoms with Gasteiger partial charge in [0, 0.05) is 18.9 Å². The van der Waals surface area contributed by atoms with Gasteiger partial charge >= 0.3 is 0 Å². The third-order valence-corrected chi connectivity index (χ3v) is 7.72. The summed E-state index contributed by atoms with van der Waals surface area (Å²) in [5, 5.41) is 0.295. The van der Waals surface area contributed by atoms with Crippen LogP contribution >= 0.6 is 0 Å². The summed E-state index contributed by atoms with van der Waals surface area (Å²) < 4.78 is 6.12. The Hall–Kier alpha value is -0.263. The van der Waals surface area contributed by atoms with Gasteiger partial charge < -0.3 is 4.43 Å². The van der Waals surface area contributed by atoms with Crippen molar-refractivity contribution in [1.29, 1.82) is 0 Å². The summed E-state index contributed by atoms with van der Waals surface area (Å²) in [5.74, 6) is 6.81. The molecule has 0 spiro atoms. The molecule has 0 aliphatic heterocycles. The standard InChI is InChI=1S/C14H28OSi/c1-8-9-10-11-13(2)12-15-16(6,7)14(3,4)5/h13H,8-9,12H2,1-7H3. The fraction of sp³-hybridized carbons (Fsp3) is 0.857. The lowest BCUT2D eigenvalue weighted by Crippen LogP contribution is -2.41. The van der Waals surface area contributed by atoms with Crippen molar-refractivity contribution in [3.05, 3.63) is 0 Å². The largest absolute Gasteiger partial charge is 0.416 e. The van der Waals surface area contributed by atoms with Gasteiger partial charge in [-0.25, -0.2) is 0 Å². The highest BCUT2D eigenvalue weighted by atomic mass is 28.4. The molecular formula is C14H28OSi. The molecule has 1 nitrogen and oxygen atoms in total. The molecule has 0 aliphatic rings. The Morgan fingerprint density at radius 3 is 2.25 bits per heavy atom. The molecular weight excluding hydrogens is 212 g/mol. The maximum atomic E-state index is 6.12. The second-order valence-corrected chi connectivity index (χ2v) is 10.9. The van der Waals surface area contributed by atoms with Gasteiger partial charge in [-0.1, -0.05) is 33.6 Å². The van der Waals surface area contributed by atoms with Crippen LogP contribution in [0.4, 0.5) is 0 Å². The van der Waals surface area contributed by atoms with Crippen molar-refractivity contribution < 1.29 is 4.43 Å². The van der Waals surface area contributed by atoms with E-state index in [0.717, 1.165) is 19.4 Å². The Morgan fingerprint density at radius 2 is 1.81 bits per heavy atom. The first-order chi connectivity index (χ1) is 7.20. The first-order valence-electron chi connectivity index (χ1n) is 6.33. The molecule has 16 heavy (non-hydrogen) atoms. The highest BCUT2D eigenvalue weighted by Crippen LogP contribution is 2.36. The quantitative estimate of drug-likeness (QED) is 0.521. The summed E-state index contributed by atoms with van der Waals surface area (Å²) in [6.07, 6.45) is 2.15. The van der Waals surface area contributed by atoms with Gasteiger partial charge in [-0.2, -0.15) is 0 Å². The predicted octanol–water partition coefficient (Wildman–Crippen LogP) is 4.45. The molecule has 2 heteroatoms. The van der Waals surface area contributed by atoms with Gasteiger partial charge in [0.25, 0.3) is 0 Å². The van der Waals surface area contributed by atoms with Crippen molar-refractivity contribution in [3.63, 3.8) is 0 Å². The molecule has 1 unspecified atom stereocenters. The van der Waals surface area contributed by atoms with Crippen molar-refractivity contribution in [1.82, 2.24) is 0 Å². The molecule has 0 aromatic rings. The van der Waals surface area contributed by atoms with Crippen molar-refractivity contribution >= 4 is 8.32 Å². The summed E-state index contributed by atoms with van der Waals surface area (Å²) in [5.41, 5.74) is 0. The van der Waals surface area contributed by atoms with Gasteiger partial charge in [0.15, 0.2) is 8.32 Å². The molecule has 0 saturated carbocycles. The summed E-state index contributed by atoms with van der Waals surface area (Å²) >= 11 is 0. The third-order valence-electron chi connectivity index (χ3n) is 3.22. The minimum atomic E-state index is -1.58. The maximum Gasteiger partial charge on any atom is 0.192 e. The Balaban J connectivity index is 4.12. The molecule has 0 radical (unpaired) electrons. The Bertz CT molecular complexity index is 252. The average molecular weight is 240 g/mol. The number of unbranched alkanes of at least 4 members (excludes halogenated alkanes) is 1. The number of hydrogen-bond donors (Lipinski definition) is 0. The Labute approximate surface area is 103 Å². The SMILES string of the molecule is CCCC#CC(C)CO[Si](C)(C)C(C)(C)C. The van der Waals surface area contributed by atoms with Crippen LogP contribution in [-0.2, 0) is 4.43 Å². The van der Waals surface area contributed by atoms with E-state index >= 15 is 0 Å². The van der Waals surface area contributed by atoms with E-state index < -0.39 is 8.32 Å². The zero-order chi connectivity index (χ0) is 12.8. The highest BCUT2D eigenvalue weighted by molar-refractivity contribution is 6.74. The van der Waals surface area contributed by atoms with Crippen molar-refractivity contribution in [2.24, 2.45) is 5.92 Å². The highest BCUT2D eigenvalue weighted by Gasteiger charge is 2.37. The predicted molar refractivity (Wildman–Crippen MR) is 75.0 cm³/mol. The van der Waals surface area contributed by atoms with Crippen LogP contribution in [0, 0.1) is 17.8 Å². The van der Waals surface area contributed by atoms with Gasteiger partial charge in [0.1, 0.15) is 0 Å². The second kappa shape index (κ2) is 6.47. The third kappa shape index (κ3) is 5.72. The first kappa shape index (κ1) is 15.7. The molecule has 0 fully saturated rings. The van der Waals surface area contributed by atoms with Gasteiger partial charge in [0.05, 0.1) is 0 Å². The number of hydrogen-bond acceptors (Lipinski definition) is 1. The molecule has 0 bridgehead atoms. The zero-order valence-electron chi connectivity index (χ0n) is 12.1. The molecule has 0 heterocycles. The molecule has 0 rings (SSSR count). The molecule has 0 amide bonds.